The Bertz CT molecular complexity index is 464. The Labute approximate surface area is 125 Å². The Hall–Kier alpha value is -1.77. The second-order valence-corrected chi connectivity index (χ2v) is 6.87. The molecule has 2 fully saturated rings. The van der Waals surface area contributed by atoms with Gasteiger partial charge in [0.05, 0.1) is 6.07 Å². The number of nitrogens with zero attached hydrogens (tertiary/aromatic N) is 3. The molecule has 6 heteroatoms. The second kappa shape index (κ2) is 5.92. The molecule has 0 bridgehead atoms. The zero-order valence-electron chi connectivity index (χ0n) is 13.0. The van der Waals surface area contributed by atoms with Crippen LogP contribution in [0, 0.1) is 23.2 Å². The number of hydrogen-bond donors (Lipinski definition) is 0. The van der Waals surface area contributed by atoms with Crippen LogP contribution in [0.15, 0.2) is 0 Å². The molecule has 0 spiro atoms. The van der Waals surface area contributed by atoms with Gasteiger partial charge in [-0.25, -0.2) is 4.79 Å². The van der Waals surface area contributed by atoms with Crippen molar-refractivity contribution in [3.05, 3.63) is 0 Å². The Morgan fingerprint density at radius 2 is 1.81 bits per heavy atom. The lowest BCUT2D eigenvalue weighted by molar-refractivity contribution is -0.129. The SMILES string of the molecule is CC(C)(C)OC(=O)N1CC[C@@H]2CN(C(=O)CC#N)C[C@H]2C1. The summed E-state index contributed by atoms with van der Waals surface area (Å²) >= 11 is 0. The van der Waals surface area contributed by atoms with E-state index < -0.39 is 5.60 Å². The number of carbonyl (C=O) groups excluding carboxylic acids is 2. The van der Waals surface area contributed by atoms with E-state index in [0.717, 1.165) is 6.42 Å². The molecule has 2 aliphatic rings. The molecule has 2 aliphatic heterocycles. The predicted molar refractivity (Wildman–Crippen MR) is 76.2 cm³/mol. The molecule has 0 aliphatic carbocycles. The fourth-order valence-electron chi connectivity index (χ4n) is 3.04. The van der Waals surface area contributed by atoms with E-state index in [0.29, 0.717) is 38.0 Å². The van der Waals surface area contributed by atoms with Crippen LogP contribution in [0.3, 0.4) is 0 Å². The summed E-state index contributed by atoms with van der Waals surface area (Å²) in [6.45, 7) is 8.24. The summed E-state index contributed by atoms with van der Waals surface area (Å²) in [6.07, 6.45) is 0.554. The largest absolute Gasteiger partial charge is 0.444 e. The van der Waals surface area contributed by atoms with E-state index in [1.54, 1.807) is 9.80 Å². The highest BCUT2D eigenvalue weighted by atomic mass is 16.6. The summed E-state index contributed by atoms with van der Waals surface area (Å²) in [5, 5.41) is 8.61. The first-order valence-electron chi connectivity index (χ1n) is 7.43. The molecule has 0 aromatic carbocycles. The van der Waals surface area contributed by atoms with E-state index in [1.165, 1.54) is 0 Å². The van der Waals surface area contributed by atoms with Crippen LogP contribution in [-0.2, 0) is 9.53 Å². The highest BCUT2D eigenvalue weighted by Crippen LogP contribution is 2.32. The van der Waals surface area contributed by atoms with E-state index in [9.17, 15) is 9.59 Å². The van der Waals surface area contributed by atoms with Crippen molar-refractivity contribution in [1.82, 2.24) is 9.80 Å². The van der Waals surface area contributed by atoms with Crippen LogP contribution in [0.25, 0.3) is 0 Å². The van der Waals surface area contributed by atoms with Crippen molar-refractivity contribution >= 4 is 12.0 Å². The first kappa shape index (κ1) is 15.6. The topological polar surface area (TPSA) is 73.6 Å². The van der Waals surface area contributed by atoms with E-state index in [4.69, 9.17) is 10.00 Å². The Kier molecular flexibility index (Phi) is 4.40. The van der Waals surface area contributed by atoms with Gasteiger partial charge in [0.1, 0.15) is 12.0 Å². The minimum absolute atomic E-state index is 0.0603. The van der Waals surface area contributed by atoms with E-state index in [2.05, 4.69) is 0 Å². The van der Waals surface area contributed by atoms with Gasteiger partial charge >= 0.3 is 6.09 Å². The normalized spacial score (nSPS) is 25.2. The van der Waals surface area contributed by atoms with Crippen molar-refractivity contribution in [2.45, 2.75) is 39.2 Å². The quantitative estimate of drug-likeness (QED) is 0.736. The summed E-state index contributed by atoms with van der Waals surface area (Å²) in [6, 6.07) is 1.90. The average Bonchev–Trinajstić information content (AvgIpc) is 2.79. The molecule has 2 atom stereocenters. The number of hydrogen-bond acceptors (Lipinski definition) is 4. The molecule has 0 radical (unpaired) electrons. The van der Waals surface area contributed by atoms with Crippen molar-refractivity contribution in [2.75, 3.05) is 26.2 Å². The van der Waals surface area contributed by atoms with Crippen LogP contribution in [0.2, 0.25) is 0 Å². The molecule has 116 valence electrons. The first-order chi connectivity index (χ1) is 9.80. The van der Waals surface area contributed by atoms with E-state index >= 15 is 0 Å². The Morgan fingerprint density at radius 3 is 2.43 bits per heavy atom. The average molecular weight is 293 g/mol. The summed E-state index contributed by atoms with van der Waals surface area (Å²) in [4.78, 5) is 27.4. The monoisotopic (exact) mass is 293 g/mol. The van der Waals surface area contributed by atoms with Gasteiger partial charge in [-0.15, -0.1) is 0 Å². The van der Waals surface area contributed by atoms with Gasteiger partial charge in [0, 0.05) is 26.2 Å². The summed E-state index contributed by atoms with van der Waals surface area (Å²) < 4.78 is 5.40. The maximum atomic E-state index is 12.1. The van der Waals surface area contributed by atoms with E-state index in [1.807, 2.05) is 26.8 Å². The molecule has 0 saturated carbocycles. The maximum Gasteiger partial charge on any atom is 0.410 e. The van der Waals surface area contributed by atoms with Gasteiger partial charge < -0.3 is 14.5 Å². The number of nitriles is 1. The molecule has 0 unspecified atom stereocenters. The molecule has 2 amide bonds. The van der Waals surface area contributed by atoms with Crippen LogP contribution >= 0.6 is 0 Å². The maximum absolute atomic E-state index is 12.1. The molecule has 6 nitrogen and oxygen atoms in total. The van der Waals surface area contributed by atoms with Crippen molar-refractivity contribution < 1.29 is 14.3 Å². The third kappa shape index (κ3) is 3.87. The van der Waals surface area contributed by atoms with Gasteiger partial charge in [-0.05, 0) is 39.0 Å². The number of piperidine rings is 1. The number of carbonyl (C=O) groups is 2. The van der Waals surface area contributed by atoms with Gasteiger partial charge in [-0.3, -0.25) is 4.79 Å². The lowest BCUT2D eigenvalue weighted by Crippen LogP contribution is -2.45. The lowest BCUT2D eigenvalue weighted by atomic mass is 9.89. The number of likely N-dealkylation sites (tertiary alicyclic amines) is 2. The standard InChI is InChI=1S/C15H23N3O3/c1-15(2,3)21-14(20)17-7-5-11-8-18(10-12(11)9-17)13(19)4-6-16/h11-12H,4-5,7-10H2,1-3H3/t11-,12-/m1/s1. The van der Waals surface area contributed by atoms with Crippen LogP contribution in [0.5, 0.6) is 0 Å². The number of fused-ring (bicyclic) bond motifs is 1. The van der Waals surface area contributed by atoms with Gasteiger partial charge in [0.2, 0.25) is 5.91 Å². The minimum Gasteiger partial charge on any atom is -0.444 e. The molecule has 0 aromatic rings. The molecule has 2 heterocycles. The van der Waals surface area contributed by atoms with Crippen LogP contribution in [-0.4, -0.2) is 53.6 Å². The molecule has 0 aromatic heterocycles. The fraction of sp³-hybridized carbons (Fsp3) is 0.800. The highest BCUT2D eigenvalue weighted by Gasteiger charge is 2.40. The molecule has 2 rings (SSSR count). The van der Waals surface area contributed by atoms with E-state index in [-0.39, 0.29) is 18.4 Å². The zero-order chi connectivity index (χ0) is 15.6. The third-order valence-electron chi connectivity index (χ3n) is 4.04. The zero-order valence-corrected chi connectivity index (χ0v) is 13.0. The Morgan fingerprint density at radius 1 is 1.19 bits per heavy atom. The lowest BCUT2D eigenvalue weighted by Gasteiger charge is -2.35. The summed E-state index contributed by atoms with van der Waals surface area (Å²) in [5.74, 6) is 0.635. The van der Waals surface area contributed by atoms with Crippen molar-refractivity contribution in [2.24, 2.45) is 11.8 Å². The summed E-state index contributed by atoms with van der Waals surface area (Å²) in [7, 11) is 0. The highest BCUT2D eigenvalue weighted by molar-refractivity contribution is 5.78. The first-order valence-corrected chi connectivity index (χ1v) is 7.43. The molecule has 2 saturated heterocycles. The van der Waals surface area contributed by atoms with Crippen LogP contribution in [0.1, 0.15) is 33.6 Å². The van der Waals surface area contributed by atoms with Crippen molar-refractivity contribution in [1.29, 1.82) is 5.26 Å². The number of ether oxygens (including phenoxy) is 1. The summed E-state index contributed by atoms with van der Waals surface area (Å²) in [5.41, 5.74) is -0.488. The Balaban J connectivity index is 1.91. The second-order valence-electron chi connectivity index (χ2n) is 6.87. The van der Waals surface area contributed by atoms with Gasteiger partial charge in [0.25, 0.3) is 0 Å². The molecule has 21 heavy (non-hydrogen) atoms. The van der Waals surface area contributed by atoms with Gasteiger partial charge in [-0.1, -0.05) is 0 Å². The molecular weight excluding hydrogens is 270 g/mol. The van der Waals surface area contributed by atoms with Crippen molar-refractivity contribution in [3.63, 3.8) is 0 Å². The fourth-order valence-corrected chi connectivity index (χ4v) is 3.04. The smallest absolute Gasteiger partial charge is 0.410 e. The van der Waals surface area contributed by atoms with Crippen molar-refractivity contribution in [3.8, 4) is 6.07 Å². The molecule has 0 N–H and O–H groups in total. The third-order valence-corrected chi connectivity index (χ3v) is 4.04. The molecular formula is C15H23N3O3. The number of rotatable bonds is 1. The minimum atomic E-state index is -0.488. The van der Waals surface area contributed by atoms with Crippen LogP contribution in [0.4, 0.5) is 4.79 Å². The van der Waals surface area contributed by atoms with Crippen LogP contribution < -0.4 is 0 Å². The number of amides is 2. The predicted octanol–water partition coefficient (Wildman–Crippen LogP) is 1.62. The van der Waals surface area contributed by atoms with Gasteiger partial charge in [-0.2, -0.15) is 5.26 Å². The van der Waals surface area contributed by atoms with Gasteiger partial charge in [0.15, 0.2) is 0 Å².